The Balaban J connectivity index is 0.000000267. The summed E-state index contributed by atoms with van der Waals surface area (Å²) in [7, 11) is 0. The van der Waals surface area contributed by atoms with E-state index in [2.05, 4.69) is 9.47 Å². The molecule has 83 valence electrons. The number of hydrogen-bond acceptors (Lipinski definition) is 6. The molecule has 0 aliphatic carbocycles. The molecule has 0 bridgehead atoms. The SMILES string of the molecule is CC1OC(=O)NC1=O.O=C1COC(=O)N1.[Na]. The summed E-state index contributed by atoms with van der Waals surface area (Å²) < 4.78 is 8.54. The largest absolute Gasteiger partial charge is 0.439 e. The van der Waals surface area contributed by atoms with E-state index in [1.165, 1.54) is 6.92 Å². The number of hydrogen-bond donors (Lipinski definition) is 2. The van der Waals surface area contributed by atoms with Gasteiger partial charge in [-0.1, -0.05) is 0 Å². The van der Waals surface area contributed by atoms with Crippen molar-refractivity contribution in [2.45, 2.75) is 13.0 Å². The van der Waals surface area contributed by atoms with Crippen LogP contribution in [0.2, 0.25) is 0 Å². The third kappa shape index (κ3) is 4.60. The van der Waals surface area contributed by atoms with E-state index in [1.54, 1.807) is 0 Å². The van der Waals surface area contributed by atoms with Gasteiger partial charge in [0.05, 0.1) is 0 Å². The van der Waals surface area contributed by atoms with Crippen molar-refractivity contribution in [2.24, 2.45) is 0 Å². The first-order chi connectivity index (χ1) is 6.99. The van der Waals surface area contributed by atoms with Crippen LogP contribution in [0.15, 0.2) is 0 Å². The fraction of sp³-hybridized carbons (Fsp3) is 0.429. The third-order valence-corrected chi connectivity index (χ3v) is 1.45. The quantitative estimate of drug-likeness (QED) is 0.498. The number of alkyl carbamates (subject to hydrolysis) is 2. The second-order valence-corrected chi connectivity index (χ2v) is 2.66. The Labute approximate surface area is 112 Å². The van der Waals surface area contributed by atoms with Gasteiger partial charge in [0.25, 0.3) is 11.8 Å². The Kier molecular flexibility index (Phi) is 6.01. The smallest absolute Gasteiger partial charge is 0.414 e. The summed E-state index contributed by atoms with van der Waals surface area (Å²) in [6, 6.07) is 0. The molecule has 9 heteroatoms. The number of ether oxygens (including phenoxy) is 2. The number of amides is 4. The van der Waals surface area contributed by atoms with Gasteiger partial charge in [-0.25, -0.2) is 9.59 Å². The molecule has 0 aromatic carbocycles. The fourth-order valence-electron chi connectivity index (χ4n) is 0.763. The minimum absolute atomic E-state index is 0. The minimum Gasteiger partial charge on any atom is -0.439 e. The summed E-state index contributed by atoms with van der Waals surface area (Å²) in [6.45, 7) is 1.39. The van der Waals surface area contributed by atoms with E-state index in [4.69, 9.17) is 0 Å². The summed E-state index contributed by atoms with van der Waals surface area (Å²) in [5, 5.41) is 3.88. The predicted octanol–water partition coefficient (Wildman–Crippen LogP) is -1.49. The van der Waals surface area contributed by atoms with Gasteiger partial charge >= 0.3 is 12.2 Å². The minimum atomic E-state index is -0.650. The normalized spacial score (nSPS) is 21.9. The first kappa shape index (κ1) is 14.9. The number of nitrogens with one attached hydrogen (secondary N) is 2. The Morgan fingerprint density at radius 2 is 1.75 bits per heavy atom. The van der Waals surface area contributed by atoms with Gasteiger partial charge in [-0.3, -0.25) is 20.2 Å². The molecular weight excluding hydrogens is 231 g/mol. The van der Waals surface area contributed by atoms with Crippen molar-refractivity contribution < 1.29 is 28.7 Å². The fourth-order valence-corrected chi connectivity index (χ4v) is 0.763. The van der Waals surface area contributed by atoms with Gasteiger partial charge in [-0.2, -0.15) is 0 Å². The van der Waals surface area contributed by atoms with Gasteiger partial charge in [-0.05, 0) is 6.92 Å². The second-order valence-electron chi connectivity index (χ2n) is 2.66. The summed E-state index contributed by atoms with van der Waals surface area (Å²) in [5.41, 5.74) is 0. The van der Waals surface area contributed by atoms with Gasteiger partial charge < -0.3 is 9.47 Å². The molecular formula is C7H8N2NaO6. The van der Waals surface area contributed by atoms with E-state index in [0.29, 0.717) is 0 Å². The molecule has 2 N–H and O–H groups in total. The topological polar surface area (TPSA) is 111 Å². The molecule has 1 unspecified atom stereocenters. The van der Waals surface area contributed by atoms with Crippen molar-refractivity contribution in [3.8, 4) is 0 Å². The van der Waals surface area contributed by atoms with Gasteiger partial charge in [0.15, 0.2) is 12.7 Å². The molecule has 2 fully saturated rings. The van der Waals surface area contributed by atoms with Gasteiger partial charge in [0.1, 0.15) is 0 Å². The molecule has 2 rings (SSSR count). The van der Waals surface area contributed by atoms with Crippen LogP contribution in [0.1, 0.15) is 6.92 Å². The average Bonchev–Trinajstić information content (AvgIpc) is 2.61. The van der Waals surface area contributed by atoms with Crippen molar-refractivity contribution in [1.82, 2.24) is 10.6 Å². The van der Waals surface area contributed by atoms with Gasteiger partial charge in [-0.15, -0.1) is 0 Å². The molecule has 0 saturated carbocycles. The van der Waals surface area contributed by atoms with Crippen LogP contribution in [-0.4, -0.2) is 66.3 Å². The number of carbonyl (C=O) groups excluding carboxylic acids is 4. The van der Waals surface area contributed by atoms with Crippen LogP contribution in [-0.2, 0) is 19.1 Å². The summed E-state index contributed by atoms with van der Waals surface area (Å²) >= 11 is 0. The average molecular weight is 239 g/mol. The summed E-state index contributed by atoms with van der Waals surface area (Å²) in [6.07, 6.45) is -1.91. The van der Waals surface area contributed by atoms with E-state index >= 15 is 0 Å². The predicted molar refractivity (Wildman–Crippen MR) is 49.3 cm³/mol. The number of carbonyl (C=O) groups is 4. The Hall–Kier alpha value is -1.12. The summed E-state index contributed by atoms with van der Waals surface area (Å²) in [4.78, 5) is 40.3. The zero-order valence-corrected chi connectivity index (χ0v) is 10.7. The molecule has 16 heavy (non-hydrogen) atoms. The Morgan fingerprint density at radius 3 is 1.88 bits per heavy atom. The first-order valence-electron chi connectivity index (χ1n) is 3.97. The Bertz CT molecular complexity index is 317. The van der Waals surface area contributed by atoms with Gasteiger partial charge in [0, 0.05) is 29.6 Å². The van der Waals surface area contributed by atoms with Crippen LogP contribution in [0.5, 0.6) is 0 Å². The zero-order valence-electron chi connectivity index (χ0n) is 8.73. The Morgan fingerprint density at radius 1 is 1.12 bits per heavy atom. The number of cyclic esters (lactones) is 2. The van der Waals surface area contributed by atoms with Crippen molar-refractivity contribution in [2.75, 3.05) is 6.61 Å². The van der Waals surface area contributed by atoms with Crippen molar-refractivity contribution in [1.29, 1.82) is 0 Å². The molecule has 1 atom stereocenters. The van der Waals surface area contributed by atoms with Crippen LogP contribution >= 0.6 is 0 Å². The number of imide groups is 2. The van der Waals surface area contributed by atoms with Crippen LogP contribution < -0.4 is 10.6 Å². The molecule has 2 heterocycles. The van der Waals surface area contributed by atoms with E-state index < -0.39 is 18.3 Å². The van der Waals surface area contributed by atoms with Crippen molar-refractivity contribution >= 4 is 53.6 Å². The maximum absolute atomic E-state index is 10.3. The molecule has 0 spiro atoms. The molecule has 1 radical (unpaired) electrons. The molecule has 2 aliphatic heterocycles. The van der Waals surface area contributed by atoms with Crippen LogP contribution in [0.4, 0.5) is 9.59 Å². The van der Waals surface area contributed by atoms with E-state index in [0.717, 1.165) is 0 Å². The van der Waals surface area contributed by atoms with Crippen LogP contribution in [0, 0.1) is 0 Å². The summed E-state index contributed by atoms with van der Waals surface area (Å²) in [5.74, 6) is -0.736. The molecule has 2 aliphatic rings. The van der Waals surface area contributed by atoms with Gasteiger partial charge in [0.2, 0.25) is 0 Å². The third-order valence-electron chi connectivity index (χ3n) is 1.45. The van der Waals surface area contributed by atoms with E-state index in [-0.39, 0.29) is 48.0 Å². The maximum atomic E-state index is 10.3. The van der Waals surface area contributed by atoms with Crippen LogP contribution in [0.25, 0.3) is 0 Å². The first-order valence-corrected chi connectivity index (χ1v) is 3.97. The monoisotopic (exact) mass is 239 g/mol. The van der Waals surface area contributed by atoms with Crippen LogP contribution in [0.3, 0.4) is 0 Å². The van der Waals surface area contributed by atoms with E-state index in [9.17, 15) is 19.2 Å². The molecule has 4 amide bonds. The molecule has 0 aromatic heterocycles. The maximum Gasteiger partial charge on any atom is 0.414 e. The van der Waals surface area contributed by atoms with Crippen molar-refractivity contribution in [3.63, 3.8) is 0 Å². The second kappa shape index (κ2) is 6.46. The zero-order chi connectivity index (χ0) is 11.4. The van der Waals surface area contributed by atoms with E-state index in [1.807, 2.05) is 10.6 Å². The van der Waals surface area contributed by atoms with Crippen molar-refractivity contribution in [3.05, 3.63) is 0 Å². The standard InChI is InChI=1S/C4H5NO3.C3H3NO3.Na/c1-2-3(6)5-4(7)8-2;5-2-1-7-3(6)4-2;/h2H,1H3,(H,5,6,7);1H2,(H,4,5,6);. The molecule has 8 nitrogen and oxygen atoms in total. The molecule has 0 aromatic rings. The molecule has 2 saturated heterocycles. The number of rotatable bonds is 0.